The van der Waals surface area contributed by atoms with Gasteiger partial charge in [-0.05, 0) is 12.8 Å². The molecule has 0 amide bonds. The van der Waals surface area contributed by atoms with Crippen LogP contribution in [0.2, 0.25) is 0 Å². The van der Waals surface area contributed by atoms with E-state index in [-0.39, 0.29) is 30.5 Å². The summed E-state index contributed by atoms with van der Waals surface area (Å²) in [5.74, 6) is 0.302. The van der Waals surface area contributed by atoms with Gasteiger partial charge in [-0.2, -0.15) is 9.97 Å². The van der Waals surface area contributed by atoms with Crippen molar-refractivity contribution in [3.05, 3.63) is 10.1 Å². The minimum absolute atomic E-state index is 0.0563. The fraction of sp³-hybridized carbons (Fsp3) is 0.667. The molecule has 0 aliphatic carbocycles. The van der Waals surface area contributed by atoms with E-state index in [2.05, 4.69) is 15.3 Å². The molecule has 2 rings (SSSR count). The van der Waals surface area contributed by atoms with E-state index in [4.69, 9.17) is 10.8 Å². The number of anilines is 3. The van der Waals surface area contributed by atoms with Crippen LogP contribution < -0.4 is 16.0 Å². The summed E-state index contributed by atoms with van der Waals surface area (Å²) in [6, 6.07) is 0. The van der Waals surface area contributed by atoms with E-state index in [0.29, 0.717) is 5.95 Å². The van der Waals surface area contributed by atoms with Crippen molar-refractivity contribution in [2.24, 2.45) is 0 Å². The van der Waals surface area contributed by atoms with E-state index in [1.54, 1.807) is 0 Å². The summed E-state index contributed by atoms with van der Waals surface area (Å²) in [7, 11) is 0. The van der Waals surface area contributed by atoms with Crippen LogP contribution in [0.3, 0.4) is 0 Å². The van der Waals surface area contributed by atoms with E-state index in [1.165, 1.54) is 0 Å². The Morgan fingerprint density at radius 2 is 1.95 bits per heavy atom. The van der Waals surface area contributed by atoms with Gasteiger partial charge in [0.25, 0.3) is 0 Å². The highest BCUT2D eigenvalue weighted by atomic mass is 16.6. The summed E-state index contributed by atoms with van der Waals surface area (Å²) in [5.41, 5.74) is 5.37. The first-order valence-corrected chi connectivity index (χ1v) is 7.05. The molecule has 0 radical (unpaired) electrons. The maximum atomic E-state index is 11.1. The number of nitro groups is 1. The molecule has 21 heavy (non-hydrogen) atoms. The molecule has 0 spiro atoms. The van der Waals surface area contributed by atoms with Gasteiger partial charge in [0.15, 0.2) is 0 Å². The van der Waals surface area contributed by atoms with Crippen molar-refractivity contribution < 1.29 is 10.0 Å². The molecule has 4 N–H and O–H groups in total. The van der Waals surface area contributed by atoms with Gasteiger partial charge in [-0.25, -0.2) is 0 Å². The number of aliphatic hydroxyl groups is 1. The predicted molar refractivity (Wildman–Crippen MR) is 79.4 cm³/mol. The van der Waals surface area contributed by atoms with Crippen molar-refractivity contribution in [2.45, 2.75) is 25.7 Å². The summed E-state index contributed by atoms with van der Waals surface area (Å²) >= 11 is 0. The number of nitrogens with two attached hydrogens (primary N) is 1. The lowest BCUT2D eigenvalue weighted by atomic mass is 10.2. The first-order valence-electron chi connectivity index (χ1n) is 7.05. The molecule has 0 aromatic carbocycles. The topological polar surface area (TPSA) is 130 Å². The summed E-state index contributed by atoms with van der Waals surface area (Å²) in [4.78, 5) is 20.8. The van der Waals surface area contributed by atoms with Crippen molar-refractivity contribution >= 4 is 23.3 Å². The van der Waals surface area contributed by atoms with E-state index in [1.807, 2.05) is 4.90 Å². The standard InChI is InChI=1S/C12H20N6O3/c13-10-9(18(20)21)11(14-5-8-19)16-12(15-10)17-6-3-1-2-4-7-17/h19H,1-8H2,(H3,13,14,15,16). The molecule has 1 saturated heterocycles. The van der Waals surface area contributed by atoms with Gasteiger partial charge in [0.2, 0.25) is 17.6 Å². The molecule has 1 aromatic rings. The first-order chi connectivity index (χ1) is 10.1. The number of hydrogen-bond acceptors (Lipinski definition) is 8. The van der Waals surface area contributed by atoms with E-state index >= 15 is 0 Å². The normalized spacial score (nSPS) is 15.6. The maximum Gasteiger partial charge on any atom is 0.353 e. The fourth-order valence-corrected chi connectivity index (χ4v) is 2.35. The highest BCUT2D eigenvalue weighted by molar-refractivity contribution is 5.70. The third-order valence-corrected chi connectivity index (χ3v) is 3.37. The van der Waals surface area contributed by atoms with Crippen molar-refractivity contribution in [3.63, 3.8) is 0 Å². The van der Waals surface area contributed by atoms with Gasteiger partial charge in [-0.1, -0.05) is 12.8 Å². The van der Waals surface area contributed by atoms with E-state index in [9.17, 15) is 10.1 Å². The molecule has 1 aliphatic heterocycles. The molecule has 9 heteroatoms. The van der Waals surface area contributed by atoms with Gasteiger partial charge in [0.1, 0.15) is 0 Å². The lowest BCUT2D eigenvalue weighted by molar-refractivity contribution is -0.383. The predicted octanol–water partition coefficient (Wildman–Crippen LogP) is 0.752. The average molecular weight is 296 g/mol. The molecule has 1 aliphatic rings. The summed E-state index contributed by atoms with van der Waals surface area (Å²) < 4.78 is 0. The Labute approximate surface area is 122 Å². The molecule has 1 fully saturated rings. The van der Waals surface area contributed by atoms with E-state index in [0.717, 1.165) is 38.8 Å². The average Bonchev–Trinajstić information content (AvgIpc) is 2.73. The van der Waals surface area contributed by atoms with Crippen molar-refractivity contribution in [1.29, 1.82) is 0 Å². The lowest BCUT2D eigenvalue weighted by Gasteiger charge is -2.21. The molecule has 0 bridgehead atoms. The van der Waals surface area contributed by atoms with Gasteiger partial charge in [0.05, 0.1) is 11.5 Å². The minimum Gasteiger partial charge on any atom is -0.395 e. The monoisotopic (exact) mass is 296 g/mol. The molecular formula is C12H20N6O3. The Bertz CT molecular complexity index is 502. The lowest BCUT2D eigenvalue weighted by Crippen LogP contribution is -2.27. The molecule has 0 saturated carbocycles. The smallest absolute Gasteiger partial charge is 0.353 e. The zero-order valence-electron chi connectivity index (χ0n) is 11.8. The maximum absolute atomic E-state index is 11.1. The van der Waals surface area contributed by atoms with Gasteiger partial charge in [-0.15, -0.1) is 0 Å². The Kier molecular flexibility index (Phi) is 5.09. The number of aromatic nitrogens is 2. The molecule has 1 aromatic heterocycles. The number of nitrogens with one attached hydrogen (secondary N) is 1. The molecule has 0 atom stereocenters. The second kappa shape index (κ2) is 7.02. The number of aliphatic hydroxyl groups excluding tert-OH is 1. The van der Waals surface area contributed by atoms with Crippen molar-refractivity contribution in [3.8, 4) is 0 Å². The summed E-state index contributed by atoms with van der Waals surface area (Å²) in [5, 5.41) is 22.7. The summed E-state index contributed by atoms with van der Waals surface area (Å²) in [6.45, 7) is 1.64. The third-order valence-electron chi connectivity index (χ3n) is 3.37. The molecule has 9 nitrogen and oxygen atoms in total. The van der Waals surface area contributed by atoms with Crippen molar-refractivity contribution in [1.82, 2.24) is 9.97 Å². The fourth-order valence-electron chi connectivity index (χ4n) is 2.35. The van der Waals surface area contributed by atoms with Crippen LogP contribution in [0.5, 0.6) is 0 Å². The largest absolute Gasteiger partial charge is 0.395 e. The first kappa shape index (κ1) is 15.2. The molecule has 2 heterocycles. The second-order valence-electron chi connectivity index (χ2n) is 4.91. The third kappa shape index (κ3) is 3.69. The molecule has 0 unspecified atom stereocenters. The number of nitrogen functional groups attached to an aromatic ring is 1. The molecular weight excluding hydrogens is 276 g/mol. The second-order valence-corrected chi connectivity index (χ2v) is 4.91. The van der Waals surface area contributed by atoms with Crippen LogP contribution in [0.15, 0.2) is 0 Å². The highest BCUT2D eigenvalue weighted by Gasteiger charge is 2.25. The van der Waals surface area contributed by atoms with E-state index < -0.39 is 4.92 Å². The summed E-state index contributed by atoms with van der Waals surface area (Å²) in [6.07, 6.45) is 4.41. The Morgan fingerprint density at radius 1 is 1.29 bits per heavy atom. The highest BCUT2D eigenvalue weighted by Crippen LogP contribution is 2.30. The zero-order chi connectivity index (χ0) is 15.2. The van der Waals surface area contributed by atoms with Gasteiger partial charge >= 0.3 is 5.69 Å². The van der Waals surface area contributed by atoms with Gasteiger partial charge in [-0.3, -0.25) is 10.1 Å². The Hall–Kier alpha value is -2.16. The number of nitrogens with zero attached hydrogens (tertiary/aromatic N) is 4. The van der Waals surface area contributed by atoms with Crippen LogP contribution in [0.1, 0.15) is 25.7 Å². The number of rotatable bonds is 5. The van der Waals surface area contributed by atoms with Gasteiger partial charge < -0.3 is 21.1 Å². The van der Waals surface area contributed by atoms with Crippen LogP contribution in [-0.2, 0) is 0 Å². The van der Waals surface area contributed by atoms with Crippen LogP contribution >= 0.6 is 0 Å². The Balaban J connectivity index is 2.33. The van der Waals surface area contributed by atoms with Crippen LogP contribution in [-0.4, -0.2) is 46.2 Å². The van der Waals surface area contributed by atoms with Crippen LogP contribution in [0.4, 0.5) is 23.3 Å². The SMILES string of the molecule is Nc1nc(N2CCCCCC2)nc(NCCO)c1[N+](=O)[O-]. The molecule has 116 valence electrons. The quantitative estimate of drug-likeness (QED) is 0.536. The number of hydrogen-bond donors (Lipinski definition) is 3. The van der Waals surface area contributed by atoms with Crippen LogP contribution in [0.25, 0.3) is 0 Å². The zero-order valence-corrected chi connectivity index (χ0v) is 11.8. The Morgan fingerprint density at radius 3 is 2.52 bits per heavy atom. The minimum atomic E-state index is -0.610. The van der Waals surface area contributed by atoms with Crippen molar-refractivity contribution in [2.75, 3.05) is 42.2 Å². The van der Waals surface area contributed by atoms with Gasteiger partial charge in [0, 0.05) is 19.6 Å². The van der Waals surface area contributed by atoms with Crippen LogP contribution in [0, 0.1) is 10.1 Å².